The van der Waals surface area contributed by atoms with Gasteiger partial charge in [-0.15, -0.1) is 0 Å². The van der Waals surface area contributed by atoms with Crippen LogP contribution in [0.2, 0.25) is 0 Å². The average Bonchev–Trinajstić information content (AvgIpc) is 3.08. The molecule has 4 heteroatoms. The van der Waals surface area contributed by atoms with Crippen LogP contribution < -0.4 is 15.4 Å². The van der Waals surface area contributed by atoms with Crippen LogP contribution in [0, 0.1) is 0 Å². The molecule has 142 valence electrons. The smallest absolute Gasteiger partial charge is 0.151 e. The number of fused-ring (bicyclic) bond motifs is 6. The highest BCUT2D eigenvalue weighted by Gasteiger charge is 2.49. The van der Waals surface area contributed by atoms with Crippen LogP contribution in [0.1, 0.15) is 36.1 Å². The van der Waals surface area contributed by atoms with Crippen molar-refractivity contribution in [2.75, 3.05) is 23.7 Å². The van der Waals surface area contributed by atoms with Crippen LogP contribution in [0.4, 0.5) is 11.4 Å². The Morgan fingerprint density at radius 3 is 2.32 bits per heavy atom. The summed E-state index contributed by atoms with van der Waals surface area (Å²) < 4.78 is 12.9. The highest BCUT2D eigenvalue weighted by molar-refractivity contribution is 5.68. The van der Waals surface area contributed by atoms with Crippen molar-refractivity contribution < 1.29 is 9.47 Å². The van der Waals surface area contributed by atoms with Gasteiger partial charge in [-0.2, -0.15) is 0 Å². The molecule has 4 nitrogen and oxygen atoms in total. The third-order valence-corrected chi connectivity index (χ3v) is 5.54. The number of nitrogens with one attached hydrogen (secondary N) is 2. The molecule has 2 aliphatic rings. The zero-order valence-electron chi connectivity index (χ0n) is 16.2. The van der Waals surface area contributed by atoms with Crippen molar-refractivity contribution in [3.8, 4) is 11.5 Å². The minimum atomic E-state index is -0.643. The second kappa shape index (κ2) is 6.57. The van der Waals surface area contributed by atoms with Crippen LogP contribution >= 0.6 is 0 Å². The minimum Gasteiger partial charge on any atom is -0.456 e. The Bertz CT molecular complexity index is 1050. The maximum Gasteiger partial charge on any atom is 0.151 e. The van der Waals surface area contributed by atoms with Crippen molar-refractivity contribution in [2.24, 2.45) is 0 Å². The molecule has 2 heterocycles. The van der Waals surface area contributed by atoms with E-state index in [-0.39, 0.29) is 0 Å². The molecule has 1 atom stereocenters. The number of para-hydroxylation sites is 1. The molecule has 3 aromatic carbocycles. The molecule has 28 heavy (non-hydrogen) atoms. The van der Waals surface area contributed by atoms with Crippen LogP contribution in [0.25, 0.3) is 0 Å². The van der Waals surface area contributed by atoms with E-state index in [1.807, 2.05) is 12.1 Å². The fourth-order valence-corrected chi connectivity index (χ4v) is 4.38. The molecule has 1 spiro atoms. The Labute approximate surface area is 165 Å². The molecule has 0 bridgehead atoms. The average molecular weight is 372 g/mol. The number of hydrogen-bond donors (Lipinski definition) is 2. The summed E-state index contributed by atoms with van der Waals surface area (Å²) in [4.78, 5) is 0. The zero-order chi connectivity index (χ0) is 19.1. The standard InChI is InChI=1S/C24H24N2O2/c1-3-25-17-10-9-16-15-27-24(21(16)13-17)19-7-5-6-8-22(19)28-23-14-18(26-4-2)11-12-20(23)24/h5-14,25-26H,3-4,15H2,1-2H3. The van der Waals surface area contributed by atoms with Gasteiger partial charge in [0.15, 0.2) is 5.60 Å². The first-order valence-corrected chi connectivity index (χ1v) is 9.93. The number of anilines is 2. The number of rotatable bonds is 4. The summed E-state index contributed by atoms with van der Waals surface area (Å²) >= 11 is 0. The third-order valence-electron chi connectivity index (χ3n) is 5.54. The minimum absolute atomic E-state index is 0.588. The Hall–Kier alpha value is -2.98. The van der Waals surface area contributed by atoms with Gasteiger partial charge in [-0.25, -0.2) is 0 Å². The van der Waals surface area contributed by atoms with E-state index in [0.717, 1.165) is 47.1 Å². The van der Waals surface area contributed by atoms with E-state index in [9.17, 15) is 0 Å². The van der Waals surface area contributed by atoms with Gasteiger partial charge in [0.25, 0.3) is 0 Å². The molecular formula is C24H24N2O2. The summed E-state index contributed by atoms with van der Waals surface area (Å²) in [7, 11) is 0. The van der Waals surface area contributed by atoms with Gasteiger partial charge in [0.1, 0.15) is 11.5 Å². The summed E-state index contributed by atoms with van der Waals surface area (Å²) in [5, 5.41) is 6.81. The number of hydrogen-bond acceptors (Lipinski definition) is 4. The summed E-state index contributed by atoms with van der Waals surface area (Å²) in [6.07, 6.45) is 0. The van der Waals surface area contributed by atoms with Gasteiger partial charge >= 0.3 is 0 Å². The third kappa shape index (κ3) is 2.41. The van der Waals surface area contributed by atoms with Crippen LogP contribution in [0.5, 0.6) is 11.5 Å². The molecule has 0 fully saturated rings. The lowest BCUT2D eigenvalue weighted by Gasteiger charge is -2.37. The quantitative estimate of drug-likeness (QED) is 0.637. The van der Waals surface area contributed by atoms with Crippen molar-refractivity contribution in [1.82, 2.24) is 0 Å². The van der Waals surface area contributed by atoms with Gasteiger partial charge < -0.3 is 20.1 Å². The van der Waals surface area contributed by atoms with Crippen molar-refractivity contribution >= 4 is 11.4 Å². The van der Waals surface area contributed by atoms with Crippen molar-refractivity contribution in [3.05, 3.63) is 82.9 Å². The molecule has 0 aliphatic carbocycles. The molecule has 0 saturated carbocycles. The lowest BCUT2D eigenvalue weighted by atomic mass is 9.77. The predicted molar refractivity (Wildman–Crippen MR) is 112 cm³/mol. The maximum atomic E-state index is 6.61. The number of ether oxygens (including phenoxy) is 2. The largest absolute Gasteiger partial charge is 0.456 e. The summed E-state index contributed by atoms with van der Waals surface area (Å²) in [5.41, 5.74) is 6.05. The lowest BCUT2D eigenvalue weighted by Crippen LogP contribution is -2.32. The molecule has 1 unspecified atom stereocenters. The Morgan fingerprint density at radius 1 is 0.786 bits per heavy atom. The van der Waals surface area contributed by atoms with E-state index in [4.69, 9.17) is 9.47 Å². The van der Waals surface area contributed by atoms with E-state index in [1.165, 1.54) is 11.1 Å². The zero-order valence-corrected chi connectivity index (χ0v) is 16.2. The molecule has 0 amide bonds. The van der Waals surface area contributed by atoms with Crippen LogP contribution in [-0.2, 0) is 16.9 Å². The Kier molecular flexibility index (Phi) is 4.02. The van der Waals surface area contributed by atoms with E-state index in [2.05, 4.69) is 73.0 Å². The topological polar surface area (TPSA) is 42.5 Å². The molecular weight excluding hydrogens is 348 g/mol. The normalized spacial score (nSPS) is 18.8. The van der Waals surface area contributed by atoms with Gasteiger partial charge in [0.05, 0.1) is 6.61 Å². The highest BCUT2D eigenvalue weighted by Crippen LogP contribution is 2.56. The first-order valence-electron chi connectivity index (χ1n) is 9.93. The van der Waals surface area contributed by atoms with Gasteiger partial charge in [-0.3, -0.25) is 0 Å². The summed E-state index contributed by atoms with van der Waals surface area (Å²) in [6, 6.07) is 21.1. The molecule has 2 N–H and O–H groups in total. The summed E-state index contributed by atoms with van der Waals surface area (Å²) in [5.74, 6) is 1.70. The van der Waals surface area contributed by atoms with Gasteiger partial charge in [-0.1, -0.05) is 24.3 Å². The van der Waals surface area contributed by atoms with Crippen LogP contribution in [0.3, 0.4) is 0 Å². The first kappa shape index (κ1) is 17.1. The van der Waals surface area contributed by atoms with Gasteiger partial charge in [0.2, 0.25) is 0 Å². The predicted octanol–water partition coefficient (Wildman–Crippen LogP) is 5.48. The number of benzene rings is 3. The van der Waals surface area contributed by atoms with E-state index >= 15 is 0 Å². The fourth-order valence-electron chi connectivity index (χ4n) is 4.38. The van der Waals surface area contributed by atoms with Crippen LogP contribution in [0.15, 0.2) is 60.7 Å². The Balaban J connectivity index is 1.76. The molecule has 5 rings (SSSR count). The molecule has 3 aromatic rings. The van der Waals surface area contributed by atoms with Crippen LogP contribution in [-0.4, -0.2) is 13.1 Å². The second-order valence-electron chi connectivity index (χ2n) is 7.21. The molecule has 0 radical (unpaired) electrons. The van der Waals surface area contributed by atoms with E-state index < -0.39 is 5.60 Å². The molecule has 0 saturated heterocycles. The molecule has 2 aliphatic heterocycles. The first-order chi connectivity index (χ1) is 13.8. The SMILES string of the molecule is CCNc1ccc2c(c1)Oc1ccccc1C21OCc2ccc(NCC)cc21. The maximum absolute atomic E-state index is 6.61. The Morgan fingerprint density at radius 2 is 1.50 bits per heavy atom. The fraction of sp³-hybridized carbons (Fsp3) is 0.250. The van der Waals surface area contributed by atoms with Gasteiger partial charge in [0, 0.05) is 47.2 Å². The van der Waals surface area contributed by atoms with E-state index in [1.54, 1.807) is 0 Å². The second-order valence-corrected chi connectivity index (χ2v) is 7.21. The van der Waals surface area contributed by atoms with E-state index in [0.29, 0.717) is 6.61 Å². The van der Waals surface area contributed by atoms with Crippen molar-refractivity contribution in [1.29, 1.82) is 0 Å². The van der Waals surface area contributed by atoms with Crippen molar-refractivity contribution in [2.45, 2.75) is 26.1 Å². The molecule has 0 aromatic heterocycles. The monoisotopic (exact) mass is 372 g/mol. The highest BCUT2D eigenvalue weighted by atomic mass is 16.5. The van der Waals surface area contributed by atoms with Gasteiger partial charge in [-0.05, 0) is 49.7 Å². The summed E-state index contributed by atoms with van der Waals surface area (Å²) in [6.45, 7) is 6.54. The lowest BCUT2D eigenvalue weighted by molar-refractivity contribution is 0.0200. The van der Waals surface area contributed by atoms with Crippen molar-refractivity contribution in [3.63, 3.8) is 0 Å².